The van der Waals surface area contributed by atoms with Crippen LogP contribution in [0.4, 0.5) is 0 Å². The molecule has 0 spiro atoms. The van der Waals surface area contributed by atoms with Crippen LogP contribution in [0, 0.1) is 6.92 Å². The fourth-order valence-corrected chi connectivity index (χ4v) is 0.898. The number of aliphatic imine (C=N–C) groups is 1. The third kappa shape index (κ3) is 1.78. The second-order valence-electron chi connectivity index (χ2n) is 2.38. The van der Waals surface area contributed by atoms with E-state index >= 15 is 0 Å². The summed E-state index contributed by atoms with van der Waals surface area (Å²) >= 11 is 0. The molecule has 1 rings (SSSR count). The smallest absolute Gasteiger partial charge is 0.129 e. The van der Waals surface area contributed by atoms with Crippen LogP contribution in [-0.2, 0) is 0 Å². The second kappa shape index (κ2) is 3.80. The average molecular weight is 164 g/mol. The molecule has 0 radical (unpaired) electrons. The lowest BCUT2D eigenvalue weighted by Crippen LogP contribution is -2.16. The maximum absolute atomic E-state index is 5.68. The molecule has 0 atom stereocenters. The first-order chi connectivity index (χ1) is 5.75. The number of hydrogen-bond donors (Lipinski definition) is 1. The Morgan fingerprint density at radius 1 is 1.67 bits per heavy atom. The normalized spacial score (nSPS) is 11.7. The van der Waals surface area contributed by atoms with Gasteiger partial charge in [0.2, 0.25) is 0 Å². The molecule has 12 heavy (non-hydrogen) atoms. The van der Waals surface area contributed by atoms with Gasteiger partial charge in [-0.25, -0.2) is 9.97 Å². The minimum absolute atomic E-state index is 0.510. The highest BCUT2D eigenvalue weighted by Crippen LogP contribution is 2.00. The van der Waals surface area contributed by atoms with Gasteiger partial charge in [-0.05, 0) is 13.8 Å². The molecule has 0 aliphatic rings. The van der Waals surface area contributed by atoms with Gasteiger partial charge in [-0.3, -0.25) is 4.99 Å². The number of nitrogens with two attached hydrogens (primary N) is 1. The monoisotopic (exact) mass is 164 g/mol. The van der Waals surface area contributed by atoms with Gasteiger partial charge in [0.25, 0.3) is 0 Å². The summed E-state index contributed by atoms with van der Waals surface area (Å²) in [4.78, 5) is 12.0. The van der Waals surface area contributed by atoms with Crippen LogP contribution in [0.1, 0.15) is 18.2 Å². The predicted molar refractivity (Wildman–Crippen MR) is 48.0 cm³/mol. The average Bonchev–Trinajstić information content (AvgIpc) is 2.05. The largest absolute Gasteiger partial charge is 0.383 e. The summed E-state index contributed by atoms with van der Waals surface area (Å²) in [6.45, 7) is 4.50. The van der Waals surface area contributed by atoms with Crippen molar-refractivity contribution in [2.24, 2.45) is 10.7 Å². The van der Waals surface area contributed by atoms with Crippen LogP contribution in [0.25, 0.3) is 0 Å². The fraction of sp³-hybridized carbons (Fsp3) is 0.375. The van der Waals surface area contributed by atoms with Crippen LogP contribution in [0.5, 0.6) is 0 Å². The zero-order valence-corrected chi connectivity index (χ0v) is 7.28. The maximum Gasteiger partial charge on any atom is 0.129 e. The third-order valence-electron chi connectivity index (χ3n) is 1.52. The predicted octanol–water partition coefficient (Wildman–Crippen LogP) is 0.510. The Morgan fingerprint density at radius 2 is 2.42 bits per heavy atom. The van der Waals surface area contributed by atoms with Gasteiger partial charge in [-0.1, -0.05) is 0 Å². The molecule has 0 aromatic carbocycles. The van der Waals surface area contributed by atoms with Gasteiger partial charge in [0.15, 0.2) is 0 Å². The molecule has 1 aromatic rings. The summed E-state index contributed by atoms with van der Waals surface area (Å²) < 4.78 is 0. The molecule has 4 nitrogen and oxygen atoms in total. The van der Waals surface area contributed by atoms with Crippen molar-refractivity contribution < 1.29 is 0 Å². The van der Waals surface area contributed by atoms with Crippen molar-refractivity contribution in [1.29, 1.82) is 0 Å². The Hall–Kier alpha value is -1.45. The number of rotatable bonds is 2. The van der Waals surface area contributed by atoms with Crippen LogP contribution >= 0.6 is 0 Å². The third-order valence-corrected chi connectivity index (χ3v) is 1.52. The molecule has 64 valence electrons. The van der Waals surface area contributed by atoms with Gasteiger partial charge in [0, 0.05) is 12.7 Å². The van der Waals surface area contributed by atoms with Gasteiger partial charge in [0.05, 0.1) is 11.3 Å². The summed E-state index contributed by atoms with van der Waals surface area (Å²) in [5, 5.41) is 0. The summed E-state index contributed by atoms with van der Waals surface area (Å²) in [6.07, 6.45) is 3.18. The van der Waals surface area contributed by atoms with E-state index in [4.69, 9.17) is 5.73 Å². The lowest BCUT2D eigenvalue weighted by Gasteiger charge is -2.01. The number of hydrogen-bond acceptors (Lipinski definition) is 3. The van der Waals surface area contributed by atoms with E-state index in [0.29, 0.717) is 12.4 Å². The number of aryl methyl sites for hydroxylation is 1. The first-order valence-electron chi connectivity index (χ1n) is 3.82. The Balaban J connectivity index is 3.02. The van der Waals surface area contributed by atoms with Crippen molar-refractivity contribution in [3.05, 3.63) is 23.8 Å². The molecule has 0 aliphatic carbocycles. The first kappa shape index (κ1) is 8.64. The van der Waals surface area contributed by atoms with E-state index in [2.05, 4.69) is 15.0 Å². The molecule has 1 heterocycles. The minimum Gasteiger partial charge on any atom is -0.383 e. The topological polar surface area (TPSA) is 64.2 Å². The highest BCUT2D eigenvalue weighted by Gasteiger charge is 2.01. The number of aromatic nitrogens is 2. The van der Waals surface area contributed by atoms with E-state index < -0.39 is 0 Å². The number of nitrogens with zero attached hydrogens (tertiary/aromatic N) is 3. The van der Waals surface area contributed by atoms with Crippen LogP contribution in [0.2, 0.25) is 0 Å². The molecule has 0 amide bonds. The summed E-state index contributed by atoms with van der Waals surface area (Å²) in [6, 6.07) is 0. The molecule has 0 saturated heterocycles. The molecule has 0 saturated carbocycles. The van der Waals surface area contributed by atoms with Crippen molar-refractivity contribution in [1.82, 2.24) is 9.97 Å². The second-order valence-corrected chi connectivity index (χ2v) is 2.38. The zero-order valence-electron chi connectivity index (χ0n) is 7.28. The van der Waals surface area contributed by atoms with Gasteiger partial charge in [-0.15, -0.1) is 0 Å². The van der Waals surface area contributed by atoms with E-state index in [1.54, 1.807) is 6.20 Å². The molecule has 0 aliphatic heterocycles. The SMILES string of the molecule is CCN=C(N)c1cncnc1C. The lowest BCUT2D eigenvalue weighted by atomic mass is 10.2. The molecular weight excluding hydrogens is 152 g/mol. The molecule has 0 fully saturated rings. The standard InChI is InChI=1S/C8H12N4/c1-3-11-8(9)7-4-10-5-12-6(7)2/h4-5H,3H2,1-2H3,(H2,9,11). The maximum atomic E-state index is 5.68. The van der Waals surface area contributed by atoms with Gasteiger partial charge >= 0.3 is 0 Å². The van der Waals surface area contributed by atoms with Gasteiger partial charge < -0.3 is 5.73 Å². The van der Waals surface area contributed by atoms with E-state index in [1.807, 2.05) is 13.8 Å². The molecular formula is C8H12N4. The Labute approximate surface area is 71.6 Å². The molecule has 4 heteroatoms. The van der Waals surface area contributed by atoms with Crippen molar-refractivity contribution in [2.45, 2.75) is 13.8 Å². The molecule has 2 N–H and O–H groups in total. The van der Waals surface area contributed by atoms with Crippen LogP contribution in [0.15, 0.2) is 17.5 Å². The van der Waals surface area contributed by atoms with Crippen molar-refractivity contribution in [2.75, 3.05) is 6.54 Å². The van der Waals surface area contributed by atoms with E-state index in [9.17, 15) is 0 Å². The Bertz CT molecular complexity index is 293. The summed E-state index contributed by atoms with van der Waals surface area (Å²) in [5.74, 6) is 0.510. The highest BCUT2D eigenvalue weighted by atomic mass is 14.9. The summed E-state index contributed by atoms with van der Waals surface area (Å²) in [5.41, 5.74) is 7.36. The van der Waals surface area contributed by atoms with Crippen LogP contribution in [-0.4, -0.2) is 22.3 Å². The molecule has 1 aromatic heterocycles. The van der Waals surface area contributed by atoms with Crippen LogP contribution < -0.4 is 5.73 Å². The fourth-order valence-electron chi connectivity index (χ4n) is 0.898. The quantitative estimate of drug-likeness (QED) is 0.511. The summed E-state index contributed by atoms with van der Waals surface area (Å²) in [7, 11) is 0. The van der Waals surface area contributed by atoms with E-state index in [-0.39, 0.29) is 0 Å². The highest BCUT2D eigenvalue weighted by molar-refractivity contribution is 5.98. The Morgan fingerprint density at radius 3 is 3.00 bits per heavy atom. The molecule has 0 bridgehead atoms. The van der Waals surface area contributed by atoms with Gasteiger partial charge in [-0.2, -0.15) is 0 Å². The van der Waals surface area contributed by atoms with E-state index in [1.165, 1.54) is 6.33 Å². The van der Waals surface area contributed by atoms with Crippen molar-refractivity contribution in [3.8, 4) is 0 Å². The van der Waals surface area contributed by atoms with Crippen molar-refractivity contribution >= 4 is 5.84 Å². The van der Waals surface area contributed by atoms with Crippen molar-refractivity contribution in [3.63, 3.8) is 0 Å². The lowest BCUT2D eigenvalue weighted by molar-refractivity contribution is 1.07. The zero-order chi connectivity index (χ0) is 8.97. The number of amidine groups is 1. The Kier molecular flexibility index (Phi) is 2.74. The molecule has 0 unspecified atom stereocenters. The minimum atomic E-state index is 0.510. The van der Waals surface area contributed by atoms with Gasteiger partial charge in [0.1, 0.15) is 12.2 Å². The van der Waals surface area contributed by atoms with E-state index in [0.717, 1.165) is 11.3 Å². The van der Waals surface area contributed by atoms with Crippen LogP contribution in [0.3, 0.4) is 0 Å². The first-order valence-corrected chi connectivity index (χ1v) is 3.82.